The van der Waals surface area contributed by atoms with Crippen molar-refractivity contribution in [3.63, 3.8) is 0 Å². The highest BCUT2D eigenvalue weighted by atomic mass is 16.2. The second kappa shape index (κ2) is 9.17. The number of hydrogen-bond donors (Lipinski definition) is 0. The molecule has 0 fully saturated rings. The van der Waals surface area contributed by atoms with Crippen LogP contribution in [0.2, 0.25) is 0 Å². The minimum absolute atomic E-state index is 0.0548. The Bertz CT molecular complexity index is 856. The summed E-state index contributed by atoms with van der Waals surface area (Å²) in [5.74, 6) is 0.0548. The Morgan fingerprint density at radius 2 is 1.63 bits per heavy atom. The highest BCUT2D eigenvalue weighted by Gasteiger charge is 2.19. The van der Waals surface area contributed by atoms with Crippen LogP contribution < -0.4 is 0 Å². The van der Waals surface area contributed by atoms with Gasteiger partial charge in [-0.1, -0.05) is 67.6 Å². The van der Waals surface area contributed by atoms with Crippen LogP contribution in [0.25, 0.3) is 0 Å². The summed E-state index contributed by atoms with van der Waals surface area (Å²) in [6.07, 6.45) is 4.43. The lowest BCUT2D eigenvalue weighted by atomic mass is 10.1. The standard InChI is InChI=1S/C23H27N3O/c1-3-22-21(17-24-26(22)18-20-13-8-5-9-14-20)23(27)25(2)16-10-15-19-11-6-4-7-12-19/h4-9,11-14,17H,3,10,15-16,18H2,1-2H3. The van der Waals surface area contributed by atoms with Crippen molar-refractivity contribution in [2.24, 2.45) is 0 Å². The molecule has 1 heterocycles. The lowest BCUT2D eigenvalue weighted by molar-refractivity contribution is 0.0792. The molecule has 0 N–H and O–H groups in total. The molecule has 0 atom stereocenters. The number of amides is 1. The van der Waals surface area contributed by atoms with Crippen molar-refractivity contribution in [1.82, 2.24) is 14.7 Å². The van der Waals surface area contributed by atoms with Gasteiger partial charge in [0.15, 0.2) is 0 Å². The van der Waals surface area contributed by atoms with E-state index >= 15 is 0 Å². The van der Waals surface area contributed by atoms with E-state index in [1.807, 2.05) is 40.9 Å². The van der Waals surface area contributed by atoms with E-state index in [2.05, 4.69) is 48.4 Å². The van der Waals surface area contributed by atoms with E-state index in [9.17, 15) is 4.79 Å². The summed E-state index contributed by atoms with van der Waals surface area (Å²) in [6, 6.07) is 20.6. The van der Waals surface area contributed by atoms with Gasteiger partial charge in [0.25, 0.3) is 5.91 Å². The lowest BCUT2D eigenvalue weighted by Crippen LogP contribution is -2.28. The first-order valence-electron chi connectivity index (χ1n) is 9.57. The van der Waals surface area contributed by atoms with Crippen molar-refractivity contribution in [1.29, 1.82) is 0 Å². The number of aryl methyl sites for hydroxylation is 1. The summed E-state index contributed by atoms with van der Waals surface area (Å²) < 4.78 is 1.94. The summed E-state index contributed by atoms with van der Waals surface area (Å²) in [7, 11) is 1.88. The van der Waals surface area contributed by atoms with Crippen LogP contribution in [0.4, 0.5) is 0 Å². The number of aromatic nitrogens is 2. The SMILES string of the molecule is CCc1c(C(=O)N(C)CCCc2ccccc2)cnn1Cc1ccccc1. The van der Waals surface area contributed by atoms with E-state index in [0.29, 0.717) is 6.54 Å². The van der Waals surface area contributed by atoms with Gasteiger partial charge < -0.3 is 4.90 Å². The zero-order valence-corrected chi connectivity index (χ0v) is 16.1. The van der Waals surface area contributed by atoms with Crippen LogP contribution >= 0.6 is 0 Å². The Morgan fingerprint density at radius 1 is 1.00 bits per heavy atom. The molecule has 0 aliphatic heterocycles. The summed E-state index contributed by atoms with van der Waals surface area (Å²) in [6.45, 7) is 3.50. The highest BCUT2D eigenvalue weighted by molar-refractivity contribution is 5.95. The molecule has 1 amide bonds. The highest BCUT2D eigenvalue weighted by Crippen LogP contribution is 2.15. The molecule has 0 unspecified atom stereocenters. The second-order valence-electron chi connectivity index (χ2n) is 6.82. The maximum atomic E-state index is 12.9. The molecule has 2 aromatic carbocycles. The third kappa shape index (κ3) is 4.85. The van der Waals surface area contributed by atoms with E-state index < -0.39 is 0 Å². The molecule has 1 aromatic heterocycles. The minimum atomic E-state index is 0.0548. The van der Waals surface area contributed by atoms with Crippen molar-refractivity contribution in [3.8, 4) is 0 Å². The summed E-state index contributed by atoms with van der Waals surface area (Å²) in [4.78, 5) is 14.7. The van der Waals surface area contributed by atoms with E-state index in [4.69, 9.17) is 0 Å². The Balaban J connectivity index is 1.63. The number of benzene rings is 2. The molecular weight excluding hydrogens is 334 g/mol. The first kappa shape index (κ1) is 18.9. The Morgan fingerprint density at radius 3 is 2.26 bits per heavy atom. The first-order chi connectivity index (χ1) is 13.2. The van der Waals surface area contributed by atoms with Crippen LogP contribution in [0.15, 0.2) is 66.9 Å². The molecule has 3 rings (SSSR count). The Labute approximate surface area is 161 Å². The van der Waals surface area contributed by atoms with Gasteiger partial charge in [0.2, 0.25) is 0 Å². The molecule has 4 heteroatoms. The van der Waals surface area contributed by atoms with Gasteiger partial charge in [0.05, 0.1) is 24.0 Å². The van der Waals surface area contributed by atoms with Crippen molar-refractivity contribution in [2.75, 3.05) is 13.6 Å². The third-order valence-corrected chi connectivity index (χ3v) is 4.84. The molecule has 4 nitrogen and oxygen atoms in total. The quantitative estimate of drug-likeness (QED) is 0.603. The number of rotatable bonds is 8. The maximum Gasteiger partial charge on any atom is 0.257 e. The number of carbonyl (C=O) groups is 1. The van der Waals surface area contributed by atoms with Gasteiger partial charge in [-0.2, -0.15) is 5.10 Å². The fourth-order valence-electron chi connectivity index (χ4n) is 3.33. The van der Waals surface area contributed by atoms with Gasteiger partial charge in [-0.05, 0) is 30.4 Å². The van der Waals surface area contributed by atoms with E-state index in [-0.39, 0.29) is 5.91 Å². The van der Waals surface area contributed by atoms with Crippen LogP contribution in [-0.4, -0.2) is 34.2 Å². The topological polar surface area (TPSA) is 38.1 Å². The molecule has 27 heavy (non-hydrogen) atoms. The predicted molar refractivity (Wildman–Crippen MR) is 109 cm³/mol. The molecule has 0 saturated heterocycles. The van der Waals surface area contributed by atoms with Crippen LogP contribution in [-0.2, 0) is 19.4 Å². The Kier molecular flexibility index (Phi) is 6.42. The van der Waals surface area contributed by atoms with E-state index in [1.54, 1.807) is 6.20 Å². The van der Waals surface area contributed by atoms with Crippen molar-refractivity contribution in [2.45, 2.75) is 32.7 Å². The van der Waals surface area contributed by atoms with Crippen LogP contribution in [0.5, 0.6) is 0 Å². The van der Waals surface area contributed by atoms with Gasteiger partial charge in [-0.15, -0.1) is 0 Å². The van der Waals surface area contributed by atoms with Crippen LogP contribution in [0.1, 0.15) is 40.5 Å². The number of carbonyl (C=O) groups excluding carboxylic acids is 1. The van der Waals surface area contributed by atoms with E-state index in [0.717, 1.165) is 37.1 Å². The molecule has 140 valence electrons. The Hall–Kier alpha value is -2.88. The molecule has 3 aromatic rings. The number of hydrogen-bond acceptors (Lipinski definition) is 2. The van der Waals surface area contributed by atoms with Gasteiger partial charge in [0, 0.05) is 13.6 Å². The third-order valence-electron chi connectivity index (χ3n) is 4.84. The average molecular weight is 361 g/mol. The normalized spacial score (nSPS) is 10.7. The van der Waals surface area contributed by atoms with Crippen LogP contribution in [0, 0.1) is 0 Å². The molecule has 0 aliphatic rings. The van der Waals surface area contributed by atoms with Gasteiger partial charge in [0.1, 0.15) is 0 Å². The predicted octanol–water partition coefficient (Wildman–Crippen LogP) is 4.20. The monoisotopic (exact) mass is 361 g/mol. The molecule has 0 bridgehead atoms. The summed E-state index contributed by atoms with van der Waals surface area (Å²) in [5.41, 5.74) is 4.21. The van der Waals surface area contributed by atoms with Gasteiger partial charge in [-0.3, -0.25) is 9.48 Å². The van der Waals surface area contributed by atoms with Gasteiger partial charge >= 0.3 is 0 Å². The molecule has 0 radical (unpaired) electrons. The molecule has 0 spiro atoms. The minimum Gasteiger partial charge on any atom is -0.342 e. The van der Waals surface area contributed by atoms with E-state index in [1.165, 1.54) is 11.1 Å². The molecule has 0 saturated carbocycles. The fourth-order valence-corrected chi connectivity index (χ4v) is 3.33. The smallest absolute Gasteiger partial charge is 0.257 e. The summed E-state index contributed by atoms with van der Waals surface area (Å²) >= 11 is 0. The average Bonchev–Trinajstić information content (AvgIpc) is 3.11. The summed E-state index contributed by atoms with van der Waals surface area (Å²) in [5, 5.41) is 4.48. The molecular formula is C23H27N3O. The molecule has 0 aliphatic carbocycles. The largest absolute Gasteiger partial charge is 0.342 e. The van der Waals surface area contributed by atoms with Crippen molar-refractivity contribution < 1.29 is 4.79 Å². The van der Waals surface area contributed by atoms with Gasteiger partial charge in [-0.25, -0.2) is 0 Å². The van der Waals surface area contributed by atoms with Crippen molar-refractivity contribution in [3.05, 3.63) is 89.2 Å². The maximum absolute atomic E-state index is 12.9. The first-order valence-corrected chi connectivity index (χ1v) is 9.57. The fraction of sp³-hybridized carbons (Fsp3) is 0.304. The zero-order chi connectivity index (χ0) is 19.1. The zero-order valence-electron chi connectivity index (χ0n) is 16.1. The second-order valence-corrected chi connectivity index (χ2v) is 6.82. The van der Waals surface area contributed by atoms with Crippen molar-refractivity contribution >= 4 is 5.91 Å². The lowest BCUT2D eigenvalue weighted by Gasteiger charge is -2.17. The van der Waals surface area contributed by atoms with Crippen LogP contribution in [0.3, 0.4) is 0 Å². The number of nitrogens with zero attached hydrogens (tertiary/aromatic N) is 3.